The van der Waals surface area contributed by atoms with Gasteiger partial charge in [-0.05, 0) is 46.7 Å². The lowest BCUT2D eigenvalue weighted by atomic mass is 9.95. The van der Waals surface area contributed by atoms with Gasteiger partial charge in [0, 0.05) is 28.0 Å². The summed E-state index contributed by atoms with van der Waals surface area (Å²) in [6.45, 7) is 0. The first-order valence-corrected chi connectivity index (χ1v) is 9.30. The molecule has 0 saturated carbocycles. The summed E-state index contributed by atoms with van der Waals surface area (Å²) >= 11 is 4.54. The van der Waals surface area contributed by atoms with Gasteiger partial charge in [-0.15, -0.1) is 0 Å². The molecule has 3 aromatic rings. The van der Waals surface area contributed by atoms with Crippen molar-refractivity contribution in [3.63, 3.8) is 0 Å². The highest BCUT2D eigenvalue weighted by Gasteiger charge is 2.29. The van der Waals surface area contributed by atoms with Crippen molar-refractivity contribution in [2.45, 2.75) is 6.42 Å². The van der Waals surface area contributed by atoms with E-state index in [4.69, 9.17) is 0 Å². The lowest BCUT2D eigenvalue weighted by molar-refractivity contribution is -0.115. The maximum Gasteiger partial charge on any atom is 0.290 e. The summed E-state index contributed by atoms with van der Waals surface area (Å²) < 4.78 is 0.976. The van der Waals surface area contributed by atoms with E-state index in [9.17, 15) is 9.59 Å². The van der Waals surface area contributed by atoms with E-state index in [1.54, 1.807) is 0 Å². The van der Waals surface area contributed by atoms with Crippen LogP contribution in [0.2, 0.25) is 0 Å². The number of halogens is 1. The number of nitrogens with one attached hydrogen (secondary N) is 2. The molecule has 2 amide bonds. The Balaban J connectivity index is 1.92. The van der Waals surface area contributed by atoms with Gasteiger partial charge in [0.15, 0.2) is 0 Å². The molecule has 0 bridgehead atoms. The molecule has 0 radical (unpaired) electrons. The highest BCUT2D eigenvalue weighted by molar-refractivity contribution is 9.10. The summed E-state index contributed by atoms with van der Waals surface area (Å²) in [7, 11) is 0. The maximum absolute atomic E-state index is 12.3. The third-order valence-corrected chi connectivity index (χ3v) is 5.83. The zero-order chi connectivity index (χ0) is 17.4. The summed E-state index contributed by atoms with van der Waals surface area (Å²) in [5, 5.41) is 3.07. The molecule has 2 aromatic carbocycles. The number of rotatable bonds is 3. The molecule has 1 aliphatic rings. The van der Waals surface area contributed by atoms with Crippen LogP contribution in [0.5, 0.6) is 0 Å². The summed E-state index contributed by atoms with van der Waals surface area (Å²) in [6, 6.07) is 15.8. The van der Waals surface area contributed by atoms with Crippen molar-refractivity contribution >= 4 is 55.3 Å². The summed E-state index contributed by atoms with van der Waals surface area (Å²) in [4.78, 5) is 27.7. The zero-order valence-electron chi connectivity index (χ0n) is 13.0. The van der Waals surface area contributed by atoms with E-state index in [1.807, 2.05) is 54.7 Å². The number of H-pyrrole nitrogens is 1. The van der Waals surface area contributed by atoms with Gasteiger partial charge in [-0.1, -0.05) is 46.3 Å². The van der Waals surface area contributed by atoms with Gasteiger partial charge in [-0.25, -0.2) is 0 Å². The Hall–Kier alpha value is -2.31. The minimum absolute atomic E-state index is 0.328. The van der Waals surface area contributed by atoms with Crippen LogP contribution in [0.25, 0.3) is 16.5 Å². The number of aromatic amines is 1. The largest absolute Gasteiger partial charge is 0.361 e. The molecule has 1 fully saturated rings. The molecule has 0 aliphatic carbocycles. The molecule has 2 heterocycles. The van der Waals surface area contributed by atoms with Gasteiger partial charge in [-0.3, -0.25) is 14.9 Å². The molecule has 0 atom stereocenters. The van der Waals surface area contributed by atoms with E-state index < -0.39 is 0 Å². The molecule has 0 spiro atoms. The molecular weight excluding hydrogens is 400 g/mol. The van der Waals surface area contributed by atoms with E-state index in [0.717, 1.165) is 43.8 Å². The van der Waals surface area contributed by atoms with Crippen LogP contribution in [-0.4, -0.2) is 16.1 Å². The Morgan fingerprint density at radius 2 is 1.88 bits per heavy atom. The highest BCUT2D eigenvalue weighted by Crippen LogP contribution is 2.37. The van der Waals surface area contributed by atoms with Crippen molar-refractivity contribution < 1.29 is 9.59 Å². The van der Waals surface area contributed by atoms with E-state index in [-0.39, 0.29) is 11.1 Å². The van der Waals surface area contributed by atoms with Crippen molar-refractivity contribution in [1.29, 1.82) is 0 Å². The fraction of sp³-hybridized carbons (Fsp3) is 0.0526. The second-order valence-electron chi connectivity index (χ2n) is 5.66. The SMILES string of the molecule is O=C1NC(=O)C(=C(Cc2ccccc2Br)c2cccc3[nH]ccc23)S1. The average Bonchev–Trinajstić information content (AvgIpc) is 3.20. The fourth-order valence-electron chi connectivity index (χ4n) is 2.99. The minimum atomic E-state index is -0.329. The molecule has 4 rings (SSSR count). The third kappa shape index (κ3) is 3.03. The van der Waals surface area contributed by atoms with E-state index in [1.165, 1.54) is 0 Å². The predicted octanol–water partition coefficient (Wildman–Crippen LogP) is 4.87. The highest BCUT2D eigenvalue weighted by atomic mass is 79.9. The normalized spacial score (nSPS) is 16.4. The van der Waals surface area contributed by atoms with Crippen molar-refractivity contribution in [2.24, 2.45) is 0 Å². The van der Waals surface area contributed by atoms with Crippen LogP contribution in [0.15, 0.2) is 64.1 Å². The first kappa shape index (κ1) is 16.2. The number of allylic oxidation sites excluding steroid dienone is 1. The lowest BCUT2D eigenvalue weighted by Gasteiger charge is -2.13. The third-order valence-electron chi connectivity index (χ3n) is 4.14. The molecule has 1 aromatic heterocycles. The van der Waals surface area contributed by atoms with Crippen LogP contribution in [0.4, 0.5) is 4.79 Å². The number of hydrogen-bond donors (Lipinski definition) is 2. The van der Waals surface area contributed by atoms with Crippen molar-refractivity contribution in [2.75, 3.05) is 0 Å². The topological polar surface area (TPSA) is 62.0 Å². The Kier molecular flexibility index (Phi) is 4.23. The molecule has 124 valence electrons. The van der Waals surface area contributed by atoms with E-state index in [0.29, 0.717) is 11.3 Å². The number of carbonyl (C=O) groups excluding carboxylic acids is 2. The molecule has 1 saturated heterocycles. The average molecular weight is 413 g/mol. The van der Waals surface area contributed by atoms with Gasteiger partial charge in [-0.2, -0.15) is 0 Å². The Morgan fingerprint density at radius 1 is 1.04 bits per heavy atom. The first-order chi connectivity index (χ1) is 12.1. The second-order valence-corrected chi connectivity index (χ2v) is 7.50. The molecule has 6 heteroatoms. The first-order valence-electron chi connectivity index (χ1n) is 7.69. The Labute approximate surface area is 156 Å². The number of aromatic nitrogens is 1. The van der Waals surface area contributed by atoms with Crippen LogP contribution < -0.4 is 5.32 Å². The predicted molar refractivity (Wildman–Crippen MR) is 104 cm³/mol. The molecule has 25 heavy (non-hydrogen) atoms. The quantitative estimate of drug-likeness (QED) is 0.603. The van der Waals surface area contributed by atoms with Gasteiger partial charge in [0.05, 0.1) is 4.91 Å². The molecular formula is C19H13BrN2O2S. The van der Waals surface area contributed by atoms with Gasteiger partial charge < -0.3 is 4.98 Å². The summed E-state index contributed by atoms with van der Waals surface area (Å²) in [5.41, 5.74) is 3.87. The molecule has 0 unspecified atom stereocenters. The van der Waals surface area contributed by atoms with Crippen molar-refractivity contribution in [3.8, 4) is 0 Å². The standard InChI is InChI=1S/C19H13BrN2O2S/c20-15-6-2-1-4-11(15)10-14(17-18(23)22-19(24)25-17)12-5-3-7-16-13(12)8-9-21-16/h1-9,21H,10H2,(H,22,23,24). The van der Waals surface area contributed by atoms with Gasteiger partial charge in [0.25, 0.3) is 11.1 Å². The zero-order valence-corrected chi connectivity index (χ0v) is 15.4. The maximum atomic E-state index is 12.3. The van der Waals surface area contributed by atoms with Gasteiger partial charge in [0.1, 0.15) is 0 Å². The number of thioether (sulfide) groups is 1. The van der Waals surface area contributed by atoms with Crippen LogP contribution >= 0.6 is 27.7 Å². The number of imide groups is 1. The molecule has 2 N–H and O–H groups in total. The number of hydrogen-bond acceptors (Lipinski definition) is 3. The summed E-state index contributed by atoms with van der Waals surface area (Å²) in [6.07, 6.45) is 2.43. The van der Waals surface area contributed by atoms with Gasteiger partial charge in [0.2, 0.25) is 0 Å². The number of benzene rings is 2. The number of carbonyl (C=O) groups is 2. The monoisotopic (exact) mass is 412 g/mol. The Bertz CT molecular complexity index is 1040. The van der Waals surface area contributed by atoms with Crippen LogP contribution in [-0.2, 0) is 11.2 Å². The number of amides is 2. The van der Waals surface area contributed by atoms with Crippen molar-refractivity contribution in [3.05, 3.63) is 75.2 Å². The summed E-state index contributed by atoms with van der Waals surface area (Å²) in [5.74, 6) is -0.329. The van der Waals surface area contributed by atoms with Crippen LogP contribution in [0, 0.1) is 0 Å². The number of fused-ring (bicyclic) bond motifs is 1. The van der Waals surface area contributed by atoms with Crippen LogP contribution in [0.3, 0.4) is 0 Å². The van der Waals surface area contributed by atoms with E-state index >= 15 is 0 Å². The van der Waals surface area contributed by atoms with Crippen LogP contribution in [0.1, 0.15) is 11.1 Å². The minimum Gasteiger partial charge on any atom is -0.361 e. The Morgan fingerprint density at radius 3 is 2.64 bits per heavy atom. The van der Waals surface area contributed by atoms with Crippen molar-refractivity contribution in [1.82, 2.24) is 10.3 Å². The molecule has 1 aliphatic heterocycles. The lowest BCUT2D eigenvalue weighted by Crippen LogP contribution is -2.18. The van der Waals surface area contributed by atoms with Gasteiger partial charge >= 0.3 is 0 Å². The fourth-order valence-corrected chi connectivity index (χ4v) is 4.19. The van der Waals surface area contributed by atoms with E-state index in [2.05, 4.69) is 26.2 Å². The second kappa shape index (κ2) is 6.54. The molecule has 4 nitrogen and oxygen atoms in total. The smallest absolute Gasteiger partial charge is 0.290 e.